The van der Waals surface area contributed by atoms with Gasteiger partial charge in [0.15, 0.2) is 11.9 Å². The van der Waals surface area contributed by atoms with Crippen molar-refractivity contribution < 1.29 is 210 Å². The largest absolute Gasteiger partial charge is 1.00 e. The molecule has 117 heavy (non-hydrogen) atoms. The first kappa shape index (κ1) is 121. The molecule has 14 aromatic rings. The molecule has 14 rings (SSSR count). The van der Waals surface area contributed by atoms with Gasteiger partial charge in [0, 0.05) is 226 Å². The smallest absolute Gasteiger partial charge is 0.870 e. The zero-order chi connectivity index (χ0) is 80.1. The third kappa shape index (κ3) is 37.2. The van der Waals surface area contributed by atoms with E-state index in [0.717, 1.165) is 79.3 Å². The van der Waals surface area contributed by atoms with E-state index in [1.54, 1.807) is 6.20 Å². The van der Waals surface area contributed by atoms with Crippen molar-refractivity contribution in [3.05, 3.63) is 346 Å². The van der Waals surface area contributed by atoms with E-state index in [9.17, 15) is 14.7 Å². The molecule has 0 aliphatic rings. The van der Waals surface area contributed by atoms with Gasteiger partial charge >= 0.3 is 132 Å². The quantitative estimate of drug-likeness (QED) is 0.0111. The van der Waals surface area contributed by atoms with E-state index in [2.05, 4.69) is 294 Å². The number of alkyl halides is 2. The number of aromatic hydroxyl groups is 1. The number of hydrogen-bond acceptors (Lipinski definition) is 11. The normalized spacial score (nSPS) is 9.36. The summed E-state index contributed by atoms with van der Waals surface area (Å²) in [5, 5.41) is 27.4. The van der Waals surface area contributed by atoms with Gasteiger partial charge in [0.2, 0.25) is 0 Å². The van der Waals surface area contributed by atoms with Crippen LogP contribution in [0, 0.1) is 83.6 Å². The number of fused-ring (bicyclic) bond motifs is 4. The van der Waals surface area contributed by atoms with E-state index in [0.29, 0.717) is 17.7 Å². The Morgan fingerprint density at radius 3 is 1.44 bits per heavy atom. The first-order valence-electron chi connectivity index (χ1n) is 35.9. The summed E-state index contributed by atoms with van der Waals surface area (Å²) in [6.45, 7) is 32.1. The van der Waals surface area contributed by atoms with E-state index in [1.165, 1.54) is 83.6 Å². The molecule has 17 nitrogen and oxygen atoms in total. The van der Waals surface area contributed by atoms with Crippen LogP contribution in [0.4, 0.5) is 0 Å². The zero-order valence-corrected chi connectivity index (χ0v) is 91.8. The van der Waals surface area contributed by atoms with Crippen LogP contribution in [0.25, 0.3) is 44.3 Å². The number of rotatable bonds is 12. The van der Waals surface area contributed by atoms with Gasteiger partial charge in [0.1, 0.15) is 12.3 Å². The van der Waals surface area contributed by atoms with Crippen LogP contribution < -0.4 is 153 Å². The van der Waals surface area contributed by atoms with E-state index in [4.69, 9.17) is 25.8 Å². The molecule has 4 N–H and O–H groups in total. The summed E-state index contributed by atoms with van der Waals surface area (Å²) in [7, 11) is 0. The second kappa shape index (κ2) is 65.9. The van der Waals surface area contributed by atoms with Crippen molar-refractivity contribution in [3.8, 4) is 28.0 Å². The Bertz CT molecular complexity index is 5150. The number of carbonyl (C=O) groups excluding carboxylic acids is 4. The van der Waals surface area contributed by atoms with Crippen molar-refractivity contribution in [3.63, 3.8) is 0 Å². The van der Waals surface area contributed by atoms with Crippen LogP contribution in [0.3, 0.4) is 0 Å². The summed E-state index contributed by atoms with van der Waals surface area (Å²) in [5.41, 5.74) is 34.7. The van der Waals surface area contributed by atoms with Gasteiger partial charge in [-0.25, -0.2) is 4.57 Å². The van der Waals surface area contributed by atoms with Gasteiger partial charge in [0.25, 0.3) is 24.6 Å². The molecule has 10 heterocycles. The fourth-order valence-electron chi connectivity index (χ4n) is 12.7. The molecule has 0 unspecified atom stereocenters. The fraction of sp³-hybridized carbons (Fsp3) is 0.228. The Morgan fingerprint density at radius 1 is 0.564 bits per heavy atom. The number of ketones is 1. The number of pyridine rings is 6. The summed E-state index contributed by atoms with van der Waals surface area (Å²) in [6.07, 6.45) is 20.9. The minimum atomic E-state index is -0.930. The number of aromatic nitrogens is 6. The van der Waals surface area contributed by atoms with Crippen LogP contribution in [0.1, 0.15) is 130 Å². The molecule has 0 atom stereocenters. The molecule has 602 valence electrons. The maximum atomic E-state index is 12.6. The maximum absolute atomic E-state index is 12.6. The Balaban J connectivity index is -0.000000312. The molecular weight excluding hydrogens is 1860 g/mol. The molecule has 0 aliphatic heterocycles. The SMILES string of the molecule is CCBr.CCc1c(C)ccc[n+]1CC.CCc1ncccc1C.Cc1c(C(=O)C(N)=O)c2c(C)cccn2c1Cc1ccccc1-c1ccccc1.Cc1cc2c(C)cccn2c1.Cc1cccn2cc(O)c(C)c12.Cc1cn2cccc(C)c2c1C.ICc1ccccc1-c1ccccc1.O=CO[O-].O=CO[O-].[2HH].[CH3-].[HH].[K+].[K+].[K].[K].[Na+].[OH-].[Pd]. The molecule has 0 spiro atoms. The number of amides is 1. The van der Waals surface area contributed by atoms with Gasteiger partial charge in [-0.3, -0.25) is 24.2 Å². The molecule has 0 fully saturated rings. The van der Waals surface area contributed by atoms with Gasteiger partial charge < -0.3 is 61.6 Å². The molecule has 0 saturated heterocycles. The Labute approximate surface area is 924 Å². The standard InChI is InChI=1S/C25H22N2O2.C13H11I.C11H13N.C10H11NO.C10H11N.C10H16N.C8H11N.C2H5Br.2CH2O3.CH3.4K.Na.H2O.Pd.2H2/c1-16-9-8-14-27-21(17(2)22(23(16)27)24(28)25(26)29)15-19-12-6-7-13-20(19)18-10-4-3-5-11-18;14-10-12-8-4-5-9-13(12)11-6-2-1-3-7-11;1-8-5-4-6-12-7-9(2)10(3)11(8)12;1-7-4-3-5-11-6-9(12)8(2)10(7)11;1-8-6-10-9(2)4-3-5-11(10)7-8;1-4-10-9(3)7-6-8-11(10)5-2;1-3-8-7(2)5-4-6-9-8;1-2-3;2*2-1-4-3;;;;;;;;;;/h3-14H,15H2,1-2H3,(H2,26,29);1-9H,10H2;4-7H,1-3H3;3-6,12H,1-2H3;3-7H,1-2H3;6-8H,4-5H2,1-3H3;4-6H,3H2,1-2H3;2H2,1H3;2*1,3H;1H3;;;;;;1H2;;2*1H/q;;;;;+1;;;;;-1;;;3*+1;;;;/p-3/i;;;;;;;;;;;;;;;;;;1+1;. The zero-order valence-electron chi connectivity index (χ0n) is 72.0. The number of primary amides is 1. The van der Waals surface area contributed by atoms with Crippen molar-refractivity contribution in [1.29, 1.82) is 0 Å². The van der Waals surface area contributed by atoms with Gasteiger partial charge in [0.05, 0.1) is 28.3 Å². The van der Waals surface area contributed by atoms with Gasteiger partial charge in [-0.1, -0.05) is 199 Å². The monoisotopic (exact) mass is 1960 g/mol. The average Bonchev–Trinajstić information content (AvgIpc) is 1.60. The predicted molar refractivity (Wildman–Crippen MR) is 474 cm³/mol. The number of Topliss-reactive ketones (excluding diaryl/α,β-unsaturated/α-hetero) is 1. The Kier molecular flexibility index (Phi) is 68.0. The van der Waals surface area contributed by atoms with Crippen molar-refractivity contribution >= 4 is 188 Å². The van der Waals surface area contributed by atoms with Crippen molar-refractivity contribution in [2.24, 2.45) is 5.73 Å². The molecule has 2 radical (unpaired) electrons. The summed E-state index contributed by atoms with van der Waals surface area (Å²) in [5.74, 6) is -1.21. The number of halogens is 2. The molecule has 0 aliphatic carbocycles. The minimum Gasteiger partial charge on any atom is -0.870 e. The third-order valence-corrected chi connectivity index (χ3v) is 18.8. The average molecular weight is 1970 g/mol. The van der Waals surface area contributed by atoms with Crippen LogP contribution >= 0.6 is 38.5 Å². The van der Waals surface area contributed by atoms with Gasteiger partial charge in [-0.2, -0.15) is 0 Å². The molecule has 4 aromatic carbocycles. The first-order chi connectivity index (χ1) is 52.4. The maximum Gasteiger partial charge on any atom is 1.00 e. The third-order valence-electron chi connectivity index (χ3n) is 18.0. The Morgan fingerprint density at radius 2 is 1.00 bits per heavy atom. The Hall–Kier alpha value is -2.60. The number of nitrogens with zero attached hydrogens (tertiary/aromatic N) is 6. The number of carbonyl (C=O) groups is 4. The second-order valence-electron chi connectivity index (χ2n) is 25.4. The topological polar surface area (TPSA) is 244 Å². The number of hydrogen-bond donors (Lipinski definition) is 2. The fourth-order valence-corrected chi connectivity index (χ4v) is 13.3. The van der Waals surface area contributed by atoms with Gasteiger partial charge in [-0.05, 0) is 215 Å². The molecule has 1 amide bonds. The first-order valence-corrected chi connectivity index (χ1v) is 38.6. The van der Waals surface area contributed by atoms with E-state index >= 15 is 0 Å². The minimum absolute atomic E-state index is 0. The van der Waals surface area contributed by atoms with E-state index < -0.39 is 11.7 Å². The van der Waals surface area contributed by atoms with Crippen LogP contribution in [-0.4, -0.2) is 166 Å². The van der Waals surface area contributed by atoms with Crippen molar-refractivity contribution in [2.75, 3.05) is 5.33 Å². The number of benzene rings is 4. The molecule has 0 bridgehead atoms. The molecule has 10 aromatic heterocycles. The number of aryl methyl sites for hydroxylation is 12. The van der Waals surface area contributed by atoms with Crippen molar-refractivity contribution in [1.82, 2.24) is 22.6 Å². The molecular formula is C92H110BrIK4N7NaO10Pd. The van der Waals surface area contributed by atoms with E-state index in [-0.39, 0.29) is 284 Å². The van der Waals surface area contributed by atoms with Gasteiger partial charge in [-0.15, -0.1) is 0 Å². The van der Waals surface area contributed by atoms with Crippen LogP contribution in [-0.2, 0) is 74.8 Å². The molecule has 0 saturated carbocycles. The predicted octanol–water partition coefficient (Wildman–Crippen LogP) is 9.55. The summed E-state index contributed by atoms with van der Waals surface area (Å²) in [4.78, 5) is 51.0. The second-order valence-corrected chi connectivity index (χ2v) is 27.3. The van der Waals surface area contributed by atoms with Crippen LogP contribution in [0.15, 0.2) is 244 Å². The summed E-state index contributed by atoms with van der Waals surface area (Å²) in [6, 6.07) is 64.5. The summed E-state index contributed by atoms with van der Waals surface area (Å²) < 4.78 is 11.7. The van der Waals surface area contributed by atoms with Crippen LogP contribution in [0.5, 0.6) is 5.75 Å². The van der Waals surface area contributed by atoms with Crippen molar-refractivity contribution in [2.45, 2.75) is 134 Å². The van der Waals surface area contributed by atoms with E-state index in [1.807, 2.05) is 123 Å². The molecule has 25 heteroatoms. The van der Waals surface area contributed by atoms with Crippen LogP contribution in [0.2, 0.25) is 0 Å². The number of nitrogens with two attached hydrogens (primary N) is 1. The summed E-state index contributed by atoms with van der Waals surface area (Å²) >= 11 is 5.55.